The summed E-state index contributed by atoms with van der Waals surface area (Å²) >= 11 is 0. The van der Waals surface area contributed by atoms with Gasteiger partial charge in [0.05, 0.1) is 0 Å². The van der Waals surface area contributed by atoms with Crippen LogP contribution in [0.3, 0.4) is 0 Å². The van der Waals surface area contributed by atoms with E-state index in [1.807, 2.05) is 17.0 Å². The Hall–Kier alpha value is -1.46. The first-order valence-electron chi connectivity index (χ1n) is 8.95. The molecule has 4 nitrogen and oxygen atoms in total. The fourth-order valence-corrected chi connectivity index (χ4v) is 4.10. The summed E-state index contributed by atoms with van der Waals surface area (Å²) in [5.41, 5.74) is 1.17. The second-order valence-electron chi connectivity index (χ2n) is 7.27. The lowest BCUT2D eigenvalue weighted by Crippen LogP contribution is -2.53. The normalized spacial score (nSPS) is 27.4. The van der Waals surface area contributed by atoms with Crippen LogP contribution in [0.5, 0.6) is 0 Å². The third-order valence-electron chi connectivity index (χ3n) is 5.73. The summed E-state index contributed by atoms with van der Waals surface area (Å²) < 4.78 is 13.1. The molecule has 1 aromatic rings. The molecule has 132 valence electrons. The number of carbonyl (C=O) groups excluding carboxylic acids is 1. The maximum Gasteiger partial charge on any atom is 0.219 e. The van der Waals surface area contributed by atoms with Gasteiger partial charge in [0.25, 0.3) is 0 Å². The van der Waals surface area contributed by atoms with Gasteiger partial charge < -0.3 is 4.90 Å². The van der Waals surface area contributed by atoms with E-state index >= 15 is 0 Å². The number of hydrogen-bond acceptors (Lipinski definition) is 3. The molecule has 3 atom stereocenters. The van der Waals surface area contributed by atoms with Crippen molar-refractivity contribution in [3.05, 3.63) is 35.6 Å². The number of amides is 1. The molecule has 5 heteroatoms. The van der Waals surface area contributed by atoms with E-state index in [4.69, 9.17) is 0 Å². The average molecular weight is 333 g/mol. The van der Waals surface area contributed by atoms with Gasteiger partial charge in [-0.25, -0.2) is 4.39 Å². The first kappa shape index (κ1) is 17.4. The summed E-state index contributed by atoms with van der Waals surface area (Å²) in [4.78, 5) is 18.5. The molecule has 2 heterocycles. The molecule has 0 bridgehead atoms. The smallest absolute Gasteiger partial charge is 0.219 e. The minimum Gasteiger partial charge on any atom is -0.340 e. The molecule has 0 aliphatic carbocycles. The van der Waals surface area contributed by atoms with Gasteiger partial charge in [0.1, 0.15) is 5.82 Å². The zero-order chi connectivity index (χ0) is 17.3. The fourth-order valence-electron chi connectivity index (χ4n) is 4.10. The van der Waals surface area contributed by atoms with Crippen molar-refractivity contribution in [2.45, 2.75) is 32.9 Å². The van der Waals surface area contributed by atoms with Crippen LogP contribution in [0.4, 0.5) is 4.39 Å². The van der Waals surface area contributed by atoms with Gasteiger partial charge in [-0.1, -0.05) is 19.1 Å². The molecule has 0 spiro atoms. The number of halogens is 1. The fraction of sp³-hybridized carbons (Fsp3) is 0.632. The molecule has 24 heavy (non-hydrogen) atoms. The molecule has 0 aromatic heterocycles. The molecule has 2 saturated heterocycles. The van der Waals surface area contributed by atoms with E-state index in [0.717, 1.165) is 39.3 Å². The highest BCUT2D eigenvalue weighted by Gasteiger charge is 2.37. The minimum atomic E-state index is -0.179. The van der Waals surface area contributed by atoms with Crippen molar-refractivity contribution in [2.75, 3.05) is 39.3 Å². The first-order valence-corrected chi connectivity index (χ1v) is 8.95. The van der Waals surface area contributed by atoms with Gasteiger partial charge in [-0.2, -0.15) is 0 Å². The van der Waals surface area contributed by atoms with Crippen LogP contribution >= 0.6 is 0 Å². The van der Waals surface area contributed by atoms with Gasteiger partial charge in [0, 0.05) is 58.3 Å². The summed E-state index contributed by atoms with van der Waals surface area (Å²) in [6.45, 7) is 11.9. The Bertz CT molecular complexity index is 568. The van der Waals surface area contributed by atoms with Crippen molar-refractivity contribution < 1.29 is 9.18 Å². The molecule has 3 rings (SSSR count). The van der Waals surface area contributed by atoms with Crippen molar-refractivity contribution >= 4 is 5.91 Å². The van der Waals surface area contributed by atoms with E-state index in [2.05, 4.69) is 23.6 Å². The van der Waals surface area contributed by atoms with Crippen LogP contribution in [0.1, 0.15) is 32.4 Å². The highest BCUT2D eigenvalue weighted by molar-refractivity contribution is 5.73. The zero-order valence-electron chi connectivity index (χ0n) is 14.9. The van der Waals surface area contributed by atoms with Crippen LogP contribution in [0.2, 0.25) is 0 Å². The van der Waals surface area contributed by atoms with E-state index in [1.165, 1.54) is 5.56 Å². The van der Waals surface area contributed by atoms with Gasteiger partial charge in [-0.05, 0) is 30.5 Å². The molecule has 2 fully saturated rings. The zero-order valence-corrected chi connectivity index (χ0v) is 14.9. The molecule has 1 aromatic carbocycles. The van der Waals surface area contributed by atoms with Crippen molar-refractivity contribution in [3.8, 4) is 0 Å². The Labute approximate surface area is 144 Å². The van der Waals surface area contributed by atoms with E-state index < -0.39 is 0 Å². The maximum absolute atomic E-state index is 13.1. The lowest BCUT2D eigenvalue weighted by atomic mass is 10.0. The van der Waals surface area contributed by atoms with Gasteiger partial charge >= 0.3 is 0 Å². The molecular weight excluding hydrogens is 305 g/mol. The predicted molar refractivity (Wildman–Crippen MR) is 93.2 cm³/mol. The maximum atomic E-state index is 13.1. The van der Waals surface area contributed by atoms with Gasteiger partial charge in [0.15, 0.2) is 0 Å². The van der Waals surface area contributed by atoms with E-state index in [0.29, 0.717) is 18.0 Å². The van der Waals surface area contributed by atoms with Crippen LogP contribution in [0, 0.1) is 11.7 Å². The SMILES string of the molecule is CC(=O)N1CCN([C@@H]2CN([C@@H](C)c3ccc(F)cc3)C[C@H]2C)CC1. The minimum absolute atomic E-state index is 0.179. The Morgan fingerprint density at radius 3 is 2.33 bits per heavy atom. The highest BCUT2D eigenvalue weighted by Crippen LogP contribution is 2.30. The summed E-state index contributed by atoms with van der Waals surface area (Å²) in [5, 5.41) is 0. The number of nitrogens with zero attached hydrogens (tertiary/aromatic N) is 3. The number of benzene rings is 1. The van der Waals surface area contributed by atoms with Crippen LogP contribution < -0.4 is 0 Å². The van der Waals surface area contributed by atoms with Gasteiger partial charge in [0.2, 0.25) is 5.91 Å². The Morgan fingerprint density at radius 1 is 1.12 bits per heavy atom. The van der Waals surface area contributed by atoms with Crippen LogP contribution in [-0.4, -0.2) is 65.9 Å². The lowest BCUT2D eigenvalue weighted by Gasteiger charge is -2.39. The number of carbonyl (C=O) groups is 1. The lowest BCUT2D eigenvalue weighted by molar-refractivity contribution is -0.130. The summed E-state index contributed by atoms with van der Waals surface area (Å²) in [7, 11) is 0. The van der Waals surface area contributed by atoms with E-state index in [1.54, 1.807) is 19.1 Å². The van der Waals surface area contributed by atoms with Crippen molar-refractivity contribution in [1.82, 2.24) is 14.7 Å². The monoisotopic (exact) mass is 333 g/mol. The second-order valence-corrected chi connectivity index (χ2v) is 7.27. The Balaban J connectivity index is 1.60. The topological polar surface area (TPSA) is 26.8 Å². The standard InChI is InChI=1S/C19H28FN3O/c1-14-12-23(15(2)17-4-6-18(20)7-5-17)13-19(14)22-10-8-21(9-11-22)16(3)24/h4-7,14-15,19H,8-13H2,1-3H3/t14-,15+,19-/m1/s1. The molecule has 0 N–H and O–H groups in total. The summed E-state index contributed by atoms with van der Waals surface area (Å²) in [5.74, 6) is 0.611. The quantitative estimate of drug-likeness (QED) is 0.850. The van der Waals surface area contributed by atoms with Crippen molar-refractivity contribution in [1.29, 1.82) is 0 Å². The number of hydrogen-bond donors (Lipinski definition) is 0. The molecule has 0 radical (unpaired) electrons. The predicted octanol–water partition coefficient (Wildman–Crippen LogP) is 2.37. The number of likely N-dealkylation sites (tertiary alicyclic amines) is 1. The summed E-state index contributed by atoms with van der Waals surface area (Å²) in [6.07, 6.45) is 0. The van der Waals surface area contributed by atoms with Crippen molar-refractivity contribution in [3.63, 3.8) is 0 Å². The number of rotatable bonds is 3. The van der Waals surface area contributed by atoms with Gasteiger partial charge in [-0.3, -0.25) is 14.6 Å². The average Bonchev–Trinajstić information content (AvgIpc) is 2.97. The molecule has 2 aliphatic heterocycles. The van der Waals surface area contributed by atoms with Crippen LogP contribution in [0.25, 0.3) is 0 Å². The van der Waals surface area contributed by atoms with Gasteiger partial charge in [-0.15, -0.1) is 0 Å². The van der Waals surface area contributed by atoms with E-state index in [9.17, 15) is 9.18 Å². The molecule has 2 aliphatic rings. The molecule has 0 saturated carbocycles. The largest absolute Gasteiger partial charge is 0.340 e. The van der Waals surface area contributed by atoms with Crippen LogP contribution in [-0.2, 0) is 4.79 Å². The van der Waals surface area contributed by atoms with Crippen molar-refractivity contribution in [2.24, 2.45) is 5.92 Å². The third kappa shape index (κ3) is 3.62. The molecule has 0 unspecified atom stereocenters. The second kappa shape index (κ2) is 7.19. The third-order valence-corrected chi connectivity index (χ3v) is 5.73. The molecular formula is C19H28FN3O. The Kier molecular flexibility index (Phi) is 5.21. The van der Waals surface area contributed by atoms with E-state index in [-0.39, 0.29) is 11.7 Å². The highest BCUT2D eigenvalue weighted by atomic mass is 19.1. The molecule has 1 amide bonds. The summed E-state index contributed by atoms with van der Waals surface area (Å²) in [6, 6.07) is 7.72. The first-order chi connectivity index (χ1) is 11.5. The van der Waals surface area contributed by atoms with Crippen LogP contribution in [0.15, 0.2) is 24.3 Å². The number of piperazine rings is 1. The Morgan fingerprint density at radius 2 is 1.75 bits per heavy atom.